The van der Waals surface area contributed by atoms with Gasteiger partial charge in [0.05, 0.1) is 0 Å². The number of nitriles is 2. The van der Waals surface area contributed by atoms with Gasteiger partial charge in [0.15, 0.2) is 0 Å². The van der Waals surface area contributed by atoms with Crippen molar-refractivity contribution in [1.29, 1.82) is 10.5 Å². The molecule has 3 aromatic rings. The first-order valence-corrected chi connectivity index (χ1v) is 12.4. The molecule has 0 unspecified atom stereocenters. The summed E-state index contributed by atoms with van der Waals surface area (Å²) in [6, 6.07) is 30.8. The molecule has 0 saturated carbocycles. The van der Waals surface area contributed by atoms with Crippen molar-refractivity contribution < 1.29 is 0 Å². The predicted molar refractivity (Wildman–Crippen MR) is 93.4 cm³/mol. The molecule has 0 atom stereocenters. The summed E-state index contributed by atoms with van der Waals surface area (Å²) in [5.74, 6) is 0. The van der Waals surface area contributed by atoms with Gasteiger partial charge in [-0.3, -0.25) is 0 Å². The van der Waals surface area contributed by atoms with E-state index in [2.05, 4.69) is 60.7 Å². The molecule has 3 aromatic carbocycles. The quantitative estimate of drug-likeness (QED) is 0.528. The van der Waals surface area contributed by atoms with E-state index >= 15 is 0 Å². The van der Waals surface area contributed by atoms with E-state index in [1.54, 1.807) is 0 Å². The normalized spacial score (nSPS) is 10.0. The van der Waals surface area contributed by atoms with Crippen LogP contribution in [0.5, 0.6) is 0 Å². The number of hydrogen-bond acceptors (Lipinski definition) is 2. The van der Waals surface area contributed by atoms with Crippen molar-refractivity contribution in [2.75, 3.05) is 0 Å². The fraction of sp³-hybridized carbons (Fsp3) is 0. The average Bonchev–Trinajstić information content (AvgIpc) is 2.64. The molecule has 0 spiro atoms. The third-order valence-corrected chi connectivity index (χ3v) is 13.0. The number of benzene rings is 3. The molecule has 0 fully saturated rings. The fourth-order valence-electron chi connectivity index (χ4n) is 2.39. The van der Waals surface area contributed by atoms with Crippen molar-refractivity contribution in [2.24, 2.45) is 0 Å². The van der Waals surface area contributed by atoms with Gasteiger partial charge in [0.1, 0.15) is 0 Å². The molecule has 3 rings (SSSR count). The van der Waals surface area contributed by atoms with E-state index in [1.165, 1.54) is 9.81 Å². The molecule has 0 heterocycles. The predicted octanol–water partition coefficient (Wildman–Crippen LogP) is 1.95. The zero-order valence-corrected chi connectivity index (χ0v) is 15.8. The van der Waals surface area contributed by atoms with Gasteiger partial charge in [0.25, 0.3) is 0 Å². The molecule has 0 aromatic heterocycles. The molecule has 3 heteroatoms. The molecule has 0 aliphatic carbocycles. The summed E-state index contributed by atoms with van der Waals surface area (Å²) in [6.07, 6.45) is 0. The first-order valence-electron chi connectivity index (χ1n) is 7.17. The number of rotatable bonds is 3. The monoisotopic (exact) mass is 490 g/mol. The van der Waals surface area contributed by atoms with Crippen LogP contribution >= 0.6 is 0 Å². The van der Waals surface area contributed by atoms with E-state index in [9.17, 15) is 0 Å². The van der Waals surface area contributed by atoms with Gasteiger partial charge in [-0.05, 0) is 0 Å². The van der Waals surface area contributed by atoms with Crippen molar-refractivity contribution in [3.05, 3.63) is 90.0 Å². The first-order chi connectivity index (χ1) is 11.3. The molecule has 0 bridgehead atoms. The van der Waals surface area contributed by atoms with Crippen LogP contribution < -0.4 is 9.81 Å². The van der Waals surface area contributed by atoms with Crippen LogP contribution in [0.25, 0.3) is 0 Å². The zero-order chi connectivity index (χ0) is 16.1. The van der Waals surface area contributed by atoms with Crippen LogP contribution in [0.3, 0.4) is 0 Å². The molecular formula is C20H13BiN2. The summed E-state index contributed by atoms with van der Waals surface area (Å²) < 4.78 is 4.04. The second kappa shape index (κ2) is 7.19. The van der Waals surface area contributed by atoms with E-state index in [0.29, 0.717) is 11.1 Å². The molecule has 23 heavy (non-hydrogen) atoms. The van der Waals surface area contributed by atoms with Crippen molar-refractivity contribution in [3.63, 3.8) is 0 Å². The number of hydrogen-bond donors (Lipinski definition) is 0. The van der Waals surface area contributed by atoms with E-state index in [-0.39, 0.29) is 0 Å². The van der Waals surface area contributed by atoms with Gasteiger partial charge in [0.2, 0.25) is 0 Å². The molecule has 108 valence electrons. The summed E-state index contributed by atoms with van der Waals surface area (Å²) >= 11 is -2.37. The van der Waals surface area contributed by atoms with Crippen LogP contribution in [0.2, 0.25) is 0 Å². The SMILES string of the molecule is N#Cc1cc[c]([Bi]([c]2ccccc2)[c]2ccc(C#N)cc2)cc1. The second-order valence-electron chi connectivity index (χ2n) is 4.99. The van der Waals surface area contributed by atoms with Gasteiger partial charge in [0, 0.05) is 0 Å². The van der Waals surface area contributed by atoms with Crippen molar-refractivity contribution in [2.45, 2.75) is 0 Å². The van der Waals surface area contributed by atoms with E-state index in [4.69, 9.17) is 10.5 Å². The van der Waals surface area contributed by atoms with Crippen LogP contribution in [-0.4, -0.2) is 21.8 Å². The first kappa shape index (κ1) is 15.4. The van der Waals surface area contributed by atoms with Crippen LogP contribution in [0.4, 0.5) is 0 Å². The van der Waals surface area contributed by atoms with Crippen molar-refractivity contribution in [1.82, 2.24) is 0 Å². The molecule has 0 aliphatic heterocycles. The minimum absolute atomic E-state index is 0.686. The Bertz CT molecular complexity index is 813. The zero-order valence-electron chi connectivity index (χ0n) is 12.3. The summed E-state index contributed by atoms with van der Waals surface area (Å²) in [4.78, 5) is 0. The Morgan fingerprint density at radius 3 is 1.30 bits per heavy atom. The van der Waals surface area contributed by atoms with Crippen molar-refractivity contribution >= 4 is 31.6 Å². The molecule has 0 radical (unpaired) electrons. The standard InChI is InChI=1S/2C7H4N.C6H5.Bi/c2*8-6-7-4-2-1-3-5-7;1-2-4-6-5-3-1;/h2*2-5H;1-5H;. The fourth-order valence-corrected chi connectivity index (χ4v) is 11.2. The average molecular weight is 490 g/mol. The van der Waals surface area contributed by atoms with Gasteiger partial charge in [-0.25, -0.2) is 0 Å². The van der Waals surface area contributed by atoms with Crippen LogP contribution in [-0.2, 0) is 0 Å². The molecule has 2 nitrogen and oxygen atoms in total. The Balaban J connectivity index is 2.09. The van der Waals surface area contributed by atoms with Gasteiger partial charge in [-0.15, -0.1) is 0 Å². The Hall–Kier alpha value is -2.48. The summed E-state index contributed by atoms with van der Waals surface area (Å²) in [5, 5.41) is 18.0. The molecular weight excluding hydrogens is 477 g/mol. The van der Waals surface area contributed by atoms with E-state index < -0.39 is 21.8 Å². The van der Waals surface area contributed by atoms with Gasteiger partial charge >= 0.3 is 144 Å². The van der Waals surface area contributed by atoms with Crippen molar-refractivity contribution in [3.8, 4) is 12.1 Å². The Kier molecular flexibility index (Phi) is 4.82. The maximum atomic E-state index is 8.99. The van der Waals surface area contributed by atoms with Gasteiger partial charge in [-0.1, -0.05) is 0 Å². The third kappa shape index (κ3) is 3.48. The summed E-state index contributed by atoms with van der Waals surface area (Å²) in [5.41, 5.74) is 1.37. The van der Waals surface area contributed by atoms with Gasteiger partial charge < -0.3 is 0 Å². The van der Waals surface area contributed by atoms with Gasteiger partial charge in [-0.2, -0.15) is 0 Å². The van der Waals surface area contributed by atoms with E-state index in [1.807, 2.05) is 30.3 Å². The molecule has 0 amide bonds. The summed E-state index contributed by atoms with van der Waals surface area (Å²) in [6.45, 7) is 0. The number of nitrogens with zero attached hydrogens (tertiary/aromatic N) is 2. The molecule has 0 aliphatic rings. The molecule has 0 N–H and O–H groups in total. The topological polar surface area (TPSA) is 47.6 Å². The van der Waals surface area contributed by atoms with Crippen LogP contribution in [0.1, 0.15) is 11.1 Å². The Labute approximate surface area is 143 Å². The maximum absolute atomic E-state index is 8.99. The second-order valence-corrected chi connectivity index (χ2v) is 13.6. The van der Waals surface area contributed by atoms with E-state index in [0.717, 1.165) is 0 Å². The third-order valence-electron chi connectivity index (χ3n) is 3.52. The minimum atomic E-state index is -2.37. The Morgan fingerprint density at radius 1 is 0.522 bits per heavy atom. The van der Waals surface area contributed by atoms with Crippen LogP contribution in [0, 0.1) is 22.7 Å². The molecule has 0 saturated heterocycles. The Morgan fingerprint density at radius 2 is 0.913 bits per heavy atom. The summed E-state index contributed by atoms with van der Waals surface area (Å²) in [7, 11) is 0. The van der Waals surface area contributed by atoms with Crippen LogP contribution in [0.15, 0.2) is 78.9 Å².